The lowest BCUT2D eigenvalue weighted by Crippen LogP contribution is -2.33. The molecule has 0 unspecified atom stereocenters. The molecular weight excluding hydrogens is 446 g/mol. The summed E-state index contributed by atoms with van der Waals surface area (Å²) in [6, 6.07) is 17.1. The molecule has 2 atom stereocenters. The molecule has 0 bridgehead atoms. The Morgan fingerprint density at radius 3 is 2.57 bits per heavy atom. The van der Waals surface area contributed by atoms with E-state index in [2.05, 4.69) is 10.6 Å². The first-order valence-corrected chi connectivity index (χ1v) is 12.1. The Labute approximate surface area is 206 Å². The van der Waals surface area contributed by atoms with Crippen molar-refractivity contribution in [3.63, 3.8) is 0 Å². The number of carbonyl (C=O) groups is 2. The highest BCUT2D eigenvalue weighted by Gasteiger charge is 2.28. The fraction of sp³-hybridized carbons (Fsp3) is 0.407. The molecule has 188 valence electrons. The van der Waals surface area contributed by atoms with Crippen molar-refractivity contribution >= 4 is 23.2 Å². The molecule has 1 heterocycles. The number of nitrogens with one attached hydrogen (secondary N) is 2. The average molecular weight is 482 g/mol. The average Bonchev–Trinajstić information content (AvgIpc) is 2.88. The van der Waals surface area contributed by atoms with Gasteiger partial charge in [-0.15, -0.1) is 0 Å². The molecule has 8 heteroatoms. The number of nitrogen functional groups attached to an aromatic ring is 1. The van der Waals surface area contributed by atoms with Crippen LogP contribution in [-0.4, -0.2) is 43.0 Å². The second-order valence-corrected chi connectivity index (χ2v) is 8.48. The lowest BCUT2D eigenvalue weighted by Gasteiger charge is -2.29. The fourth-order valence-corrected chi connectivity index (χ4v) is 3.80. The van der Waals surface area contributed by atoms with Crippen LogP contribution in [0, 0.1) is 0 Å². The molecule has 2 aromatic carbocycles. The Morgan fingerprint density at radius 1 is 1.03 bits per heavy atom. The third-order valence-electron chi connectivity index (χ3n) is 5.72. The van der Waals surface area contributed by atoms with Gasteiger partial charge in [-0.1, -0.05) is 42.5 Å². The minimum Gasteiger partial charge on any atom is -0.459 e. The van der Waals surface area contributed by atoms with Crippen LogP contribution < -0.4 is 16.4 Å². The first-order valence-electron chi connectivity index (χ1n) is 12.1. The maximum absolute atomic E-state index is 12.8. The summed E-state index contributed by atoms with van der Waals surface area (Å²) in [5.74, 6) is -0.159. The van der Waals surface area contributed by atoms with Crippen molar-refractivity contribution < 1.29 is 24.2 Å². The number of hydrogen-bond donors (Lipinski definition) is 4. The highest BCUT2D eigenvalue weighted by Crippen LogP contribution is 2.31. The van der Waals surface area contributed by atoms with Crippen LogP contribution >= 0.6 is 0 Å². The van der Waals surface area contributed by atoms with Crippen molar-refractivity contribution in [2.45, 2.75) is 50.7 Å². The number of amides is 2. The number of aliphatic hydroxyl groups is 1. The molecule has 0 spiro atoms. The second kappa shape index (κ2) is 14.1. The lowest BCUT2D eigenvalue weighted by atomic mass is 9.93. The van der Waals surface area contributed by atoms with E-state index in [1.165, 1.54) is 0 Å². The zero-order valence-electron chi connectivity index (χ0n) is 19.9. The van der Waals surface area contributed by atoms with E-state index >= 15 is 0 Å². The molecule has 0 fully saturated rings. The minimum atomic E-state index is -0.529. The summed E-state index contributed by atoms with van der Waals surface area (Å²) in [5.41, 5.74) is 8.07. The van der Waals surface area contributed by atoms with Crippen LogP contribution in [0.2, 0.25) is 0 Å². The van der Waals surface area contributed by atoms with Gasteiger partial charge in [-0.3, -0.25) is 9.59 Å². The largest absolute Gasteiger partial charge is 0.459 e. The summed E-state index contributed by atoms with van der Waals surface area (Å²) in [4.78, 5) is 24.9. The van der Waals surface area contributed by atoms with Crippen molar-refractivity contribution in [2.75, 3.05) is 30.8 Å². The van der Waals surface area contributed by atoms with Gasteiger partial charge in [-0.25, -0.2) is 0 Å². The predicted molar refractivity (Wildman–Crippen MR) is 135 cm³/mol. The van der Waals surface area contributed by atoms with Gasteiger partial charge in [-0.2, -0.15) is 0 Å². The first kappa shape index (κ1) is 26.2. The number of allylic oxidation sites excluding steroid dienone is 1. The zero-order chi connectivity index (χ0) is 24.9. The molecule has 0 aliphatic carbocycles. The number of aliphatic hydroxyl groups excluding tert-OH is 1. The van der Waals surface area contributed by atoms with Gasteiger partial charge in [0, 0.05) is 31.9 Å². The standard InChI is InChI=1S/C27H35N3O5/c28-22-12-4-5-13-23(22)30-25(32)14-6-7-15-29-27(33)24-18-21(20-10-2-1-3-11-20)19-26(35-24)34-17-9-8-16-31/h1-5,10-13,18,21,26,31H,6-9,14-17,19,28H2,(H,29,33)(H,30,32)/t21-,26+/m0/s1. The Morgan fingerprint density at radius 2 is 1.80 bits per heavy atom. The smallest absolute Gasteiger partial charge is 0.286 e. The summed E-state index contributed by atoms with van der Waals surface area (Å²) in [6.07, 6.45) is 4.93. The molecule has 5 N–H and O–H groups in total. The molecule has 3 rings (SSSR count). The van der Waals surface area contributed by atoms with Crippen LogP contribution in [0.3, 0.4) is 0 Å². The minimum absolute atomic E-state index is 0.00246. The molecular formula is C27H35N3O5. The molecule has 2 amide bonds. The van der Waals surface area contributed by atoms with Gasteiger partial charge in [0.15, 0.2) is 5.76 Å². The molecule has 0 saturated heterocycles. The number of benzene rings is 2. The number of nitrogens with two attached hydrogens (primary N) is 1. The highest BCUT2D eigenvalue weighted by molar-refractivity contribution is 5.93. The topological polar surface area (TPSA) is 123 Å². The van der Waals surface area contributed by atoms with Gasteiger partial charge < -0.3 is 30.9 Å². The van der Waals surface area contributed by atoms with Crippen LogP contribution in [0.5, 0.6) is 0 Å². The van der Waals surface area contributed by atoms with Gasteiger partial charge in [-0.05, 0) is 49.5 Å². The Hall–Kier alpha value is -3.36. The summed E-state index contributed by atoms with van der Waals surface area (Å²) < 4.78 is 11.7. The van der Waals surface area contributed by atoms with Crippen molar-refractivity contribution in [2.24, 2.45) is 0 Å². The van der Waals surface area contributed by atoms with Gasteiger partial charge in [0.25, 0.3) is 5.91 Å². The van der Waals surface area contributed by atoms with Crippen LogP contribution in [0.4, 0.5) is 11.4 Å². The fourth-order valence-electron chi connectivity index (χ4n) is 3.80. The number of unbranched alkanes of at least 4 members (excludes halogenated alkanes) is 2. The Balaban J connectivity index is 1.46. The van der Waals surface area contributed by atoms with E-state index in [1.807, 2.05) is 48.5 Å². The van der Waals surface area contributed by atoms with Gasteiger partial charge in [0.1, 0.15) is 0 Å². The first-order chi connectivity index (χ1) is 17.1. The summed E-state index contributed by atoms with van der Waals surface area (Å²) in [7, 11) is 0. The zero-order valence-corrected chi connectivity index (χ0v) is 19.9. The van der Waals surface area contributed by atoms with E-state index in [9.17, 15) is 9.59 Å². The number of anilines is 2. The van der Waals surface area contributed by atoms with Crippen molar-refractivity contribution in [1.82, 2.24) is 5.32 Å². The Bertz CT molecular complexity index is 980. The molecule has 8 nitrogen and oxygen atoms in total. The second-order valence-electron chi connectivity index (χ2n) is 8.48. The quantitative estimate of drug-likeness (QED) is 0.256. The van der Waals surface area contributed by atoms with Crippen molar-refractivity contribution in [3.8, 4) is 0 Å². The third-order valence-corrected chi connectivity index (χ3v) is 5.72. The van der Waals surface area contributed by atoms with E-state index < -0.39 is 6.29 Å². The number of ether oxygens (including phenoxy) is 2. The maximum atomic E-state index is 12.8. The summed E-state index contributed by atoms with van der Waals surface area (Å²) >= 11 is 0. The Kier molecular flexibility index (Phi) is 10.6. The number of rotatable bonds is 13. The predicted octanol–water partition coefficient (Wildman–Crippen LogP) is 3.70. The molecule has 0 saturated carbocycles. The van der Waals surface area contributed by atoms with Gasteiger partial charge >= 0.3 is 0 Å². The van der Waals surface area contributed by atoms with Crippen molar-refractivity contribution in [3.05, 3.63) is 72.0 Å². The normalized spacial score (nSPS) is 17.2. The van der Waals surface area contributed by atoms with E-state index in [1.54, 1.807) is 12.1 Å². The molecule has 2 aromatic rings. The number of para-hydroxylation sites is 2. The lowest BCUT2D eigenvalue weighted by molar-refractivity contribution is -0.146. The molecule has 35 heavy (non-hydrogen) atoms. The van der Waals surface area contributed by atoms with E-state index in [4.69, 9.17) is 20.3 Å². The van der Waals surface area contributed by atoms with Gasteiger partial charge in [0.2, 0.25) is 12.2 Å². The van der Waals surface area contributed by atoms with E-state index in [-0.39, 0.29) is 30.1 Å². The SMILES string of the molecule is Nc1ccccc1NC(=O)CCCCNC(=O)C1=C[C@H](c2ccccc2)C[C@H](OCCCCO)O1. The van der Waals surface area contributed by atoms with Crippen LogP contribution in [-0.2, 0) is 19.1 Å². The molecule has 0 radical (unpaired) electrons. The summed E-state index contributed by atoms with van der Waals surface area (Å²) in [5, 5.41) is 14.6. The van der Waals surface area contributed by atoms with Crippen LogP contribution in [0.25, 0.3) is 0 Å². The third kappa shape index (κ3) is 8.73. The number of hydrogen-bond acceptors (Lipinski definition) is 6. The van der Waals surface area contributed by atoms with Gasteiger partial charge in [0.05, 0.1) is 18.0 Å². The van der Waals surface area contributed by atoms with Crippen molar-refractivity contribution in [1.29, 1.82) is 0 Å². The van der Waals surface area contributed by atoms with E-state index in [0.717, 1.165) is 12.0 Å². The van der Waals surface area contributed by atoms with E-state index in [0.29, 0.717) is 56.6 Å². The molecule has 0 aromatic heterocycles. The monoisotopic (exact) mass is 481 g/mol. The molecule has 1 aliphatic rings. The van der Waals surface area contributed by atoms with Crippen LogP contribution in [0.1, 0.15) is 50.0 Å². The summed E-state index contributed by atoms with van der Waals surface area (Å²) in [6.45, 7) is 1.01. The number of carbonyl (C=O) groups excluding carboxylic acids is 2. The maximum Gasteiger partial charge on any atom is 0.286 e. The highest BCUT2D eigenvalue weighted by atomic mass is 16.7. The van der Waals surface area contributed by atoms with Crippen LogP contribution in [0.15, 0.2) is 66.4 Å². The molecule has 1 aliphatic heterocycles.